The van der Waals surface area contributed by atoms with Crippen molar-refractivity contribution in [3.8, 4) is 17.5 Å². The summed E-state index contributed by atoms with van der Waals surface area (Å²) in [4.78, 5) is 19.3. The van der Waals surface area contributed by atoms with Gasteiger partial charge in [0.25, 0.3) is 5.56 Å². The van der Waals surface area contributed by atoms with Gasteiger partial charge in [-0.25, -0.2) is 4.98 Å². The van der Waals surface area contributed by atoms with Crippen LogP contribution in [0.5, 0.6) is 0 Å². The van der Waals surface area contributed by atoms with Gasteiger partial charge in [-0.15, -0.1) is 11.3 Å². The first-order chi connectivity index (χ1) is 10.7. The normalized spacial score (nSPS) is 10.8. The number of fused-ring (bicyclic) bond motifs is 1. The summed E-state index contributed by atoms with van der Waals surface area (Å²) < 4.78 is 1.47. The number of nitriles is 1. The Bertz CT molecular complexity index is 947. The summed E-state index contributed by atoms with van der Waals surface area (Å²) in [6.45, 7) is 4.04. The number of aromatic nitrogens is 2. The van der Waals surface area contributed by atoms with Crippen molar-refractivity contribution in [2.75, 3.05) is 0 Å². The van der Waals surface area contributed by atoms with Gasteiger partial charge in [0, 0.05) is 10.4 Å². The van der Waals surface area contributed by atoms with E-state index in [0.717, 1.165) is 27.3 Å². The maximum Gasteiger partial charge on any atom is 0.263 e. The van der Waals surface area contributed by atoms with Crippen LogP contribution in [0.15, 0.2) is 35.1 Å². The van der Waals surface area contributed by atoms with Gasteiger partial charge in [-0.05, 0) is 25.0 Å². The number of benzene rings is 1. The highest BCUT2D eigenvalue weighted by molar-refractivity contribution is 7.18. The standard InChI is InChI=1S/C17H15N3OS/c1-3-12-10-14-16(22-12)19-15(20(9-8-18)17(14)21)13-7-5-4-6-11(13)2/h4-7,10H,3,9H2,1-2H3. The fourth-order valence-electron chi connectivity index (χ4n) is 2.49. The molecule has 0 spiro atoms. The zero-order chi connectivity index (χ0) is 15.7. The van der Waals surface area contributed by atoms with Gasteiger partial charge in [-0.3, -0.25) is 9.36 Å². The van der Waals surface area contributed by atoms with E-state index in [1.165, 1.54) is 4.57 Å². The van der Waals surface area contributed by atoms with Crippen LogP contribution in [0, 0.1) is 18.3 Å². The minimum atomic E-state index is -0.138. The highest BCUT2D eigenvalue weighted by atomic mass is 32.1. The molecule has 0 aliphatic heterocycles. The lowest BCUT2D eigenvalue weighted by Crippen LogP contribution is -2.22. The van der Waals surface area contributed by atoms with Gasteiger partial charge in [0.2, 0.25) is 0 Å². The first kappa shape index (κ1) is 14.5. The van der Waals surface area contributed by atoms with Crippen LogP contribution >= 0.6 is 11.3 Å². The van der Waals surface area contributed by atoms with Crippen LogP contribution in [-0.4, -0.2) is 9.55 Å². The third-order valence-corrected chi connectivity index (χ3v) is 4.84. The second-order valence-corrected chi connectivity index (χ2v) is 6.20. The number of nitrogens with zero attached hydrogens (tertiary/aromatic N) is 3. The number of hydrogen-bond donors (Lipinski definition) is 0. The Balaban J connectivity index is 2.38. The summed E-state index contributed by atoms with van der Waals surface area (Å²) >= 11 is 1.55. The average Bonchev–Trinajstić information content (AvgIpc) is 2.94. The molecule has 0 saturated carbocycles. The number of aryl methyl sites for hydroxylation is 2. The van der Waals surface area contributed by atoms with Crippen LogP contribution in [0.2, 0.25) is 0 Å². The topological polar surface area (TPSA) is 58.7 Å². The molecule has 3 rings (SSSR count). The van der Waals surface area contributed by atoms with Crippen LogP contribution in [0.4, 0.5) is 0 Å². The van der Waals surface area contributed by atoms with Crippen LogP contribution < -0.4 is 5.56 Å². The second kappa shape index (κ2) is 5.74. The van der Waals surface area contributed by atoms with Crippen molar-refractivity contribution < 1.29 is 0 Å². The lowest BCUT2D eigenvalue weighted by atomic mass is 10.1. The number of hydrogen-bond acceptors (Lipinski definition) is 4. The third kappa shape index (κ3) is 2.32. The van der Waals surface area contributed by atoms with Gasteiger partial charge >= 0.3 is 0 Å². The summed E-state index contributed by atoms with van der Waals surface area (Å²) in [5.74, 6) is 0.571. The maximum atomic E-state index is 12.7. The Labute approximate surface area is 132 Å². The predicted molar refractivity (Wildman–Crippen MR) is 89.0 cm³/mol. The molecule has 5 heteroatoms. The lowest BCUT2D eigenvalue weighted by Gasteiger charge is -2.11. The quantitative estimate of drug-likeness (QED) is 0.744. The maximum absolute atomic E-state index is 12.7. The first-order valence-corrected chi connectivity index (χ1v) is 7.93. The lowest BCUT2D eigenvalue weighted by molar-refractivity contribution is 0.787. The summed E-state index contributed by atoms with van der Waals surface area (Å²) in [6.07, 6.45) is 0.873. The molecule has 0 amide bonds. The highest BCUT2D eigenvalue weighted by Crippen LogP contribution is 2.26. The Kier molecular flexibility index (Phi) is 3.78. The van der Waals surface area contributed by atoms with Crippen molar-refractivity contribution in [2.45, 2.75) is 26.8 Å². The van der Waals surface area contributed by atoms with Crippen LogP contribution in [0.3, 0.4) is 0 Å². The molecule has 4 nitrogen and oxygen atoms in total. The van der Waals surface area contributed by atoms with Gasteiger partial charge in [0.1, 0.15) is 17.2 Å². The van der Waals surface area contributed by atoms with Crippen LogP contribution in [-0.2, 0) is 13.0 Å². The van der Waals surface area contributed by atoms with Crippen molar-refractivity contribution in [1.82, 2.24) is 9.55 Å². The molecule has 0 aliphatic rings. The third-order valence-electron chi connectivity index (χ3n) is 3.67. The molecule has 2 aromatic heterocycles. The molecule has 0 unspecified atom stereocenters. The molecule has 0 fully saturated rings. The number of rotatable bonds is 3. The molecule has 3 aromatic rings. The summed E-state index contributed by atoms with van der Waals surface area (Å²) in [5, 5.41) is 9.68. The minimum Gasteiger partial charge on any atom is -0.278 e. The van der Waals surface area contributed by atoms with E-state index in [1.54, 1.807) is 11.3 Å². The van der Waals surface area contributed by atoms with E-state index in [1.807, 2.05) is 37.3 Å². The zero-order valence-corrected chi connectivity index (χ0v) is 13.3. The van der Waals surface area contributed by atoms with Crippen molar-refractivity contribution in [1.29, 1.82) is 5.26 Å². The Hall–Kier alpha value is -2.45. The van der Waals surface area contributed by atoms with E-state index >= 15 is 0 Å². The van der Waals surface area contributed by atoms with Gasteiger partial charge in [-0.1, -0.05) is 31.2 Å². The average molecular weight is 309 g/mol. The fourth-order valence-corrected chi connectivity index (χ4v) is 3.44. The molecule has 110 valence electrons. The number of thiophene rings is 1. The van der Waals surface area contributed by atoms with Crippen LogP contribution in [0.25, 0.3) is 21.6 Å². The smallest absolute Gasteiger partial charge is 0.263 e. The molecule has 22 heavy (non-hydrogen) atoms. The second-order valence-electron chi connectivity index (χ2n) is 5.08. The molecule has 0 saturated heterocycles. The molecule has 0 radical (unpaired) electrons. The summed E-state index contributed by atoms with van der Waals surface area (Å²) in [5.41, 5.74) is 1.79. The Morgan fingerprint density at radius 1 is 1.36 bits per heavy atom. The van der Waals surface area contributed by atoms with E-state index in [9.17, 15) is 4.79 Å². The minimum absolute atomic E-state index is 0.00272. The predicted octanol–water partition coefficient (Wildman–Crippen LogP) is 3.52. The highest BCUT2D eigenvalue weighted by Gasteiger charge is 2.16. The van der Waals surface area contributed by atoms with E-state index in [2.05, 4.69) is 18.0 Å². The van der Waals surface area contributed by atoms with Gasteiger partial charge in [0.15, 0.2) is 0 Å². The van der Waals surface area contributed by atoms with Crippen molar-refractivity contribution in [3.05, 3.63) is 51.1 Å². The molecule has 1 aromatic carbocycles. The SMILES string of the molecule is CCc1cc2c(=O)n(CC#N)c(-c3ccccc3C)nc2s1. The molecule has 2 heterocycles. The van der Waals surface area contributed by atoms with Crippen molar-refractivity contribution in [2.24, 2.45) is 0 Å². The molecule has 0 aliphatic carbocycles. The zero-order valence-electron chi connectivity index (χ0n) is 12.5. The first-order valence-electron chi connectivity index (χ1n) is 7.12. The molecule has 0 atom stereocenters. The Morgan fingerprint density at radius 3 is 2.82 bits per heavy atom. The van der Waals surface area contributed by atoms with E-state index in [4.69, 9.17) is 5.26 Å². The van der Waals surface area contributed by atoms with Crippen molar-refractivity contribution in [3.63, 3.8) is 0 Å². The molecular weight excluding hydrogens is 294 g/mol. The summed E-state index contributed by atoms with van der Waals surface area (Å²) in [6, 6.07) is 11.7. The van der Waals surface area contributed by atoms with Crippen LogP contribution in [0.1, 0.15) is 17.4 Å². The fraction of sp³-hybridized carbons (Fsp3) is 0.235. The molecule has 0 N–H and O–H groups in total. The molecular formula is C17H15N3OS. The monoisotopic (exact) mass is 309 g/mol. The van der Waals surface area contributed by atoms with Gasteiger partial charge < -0.3 is 0 Å². The summed E-state index contributed by atoms with van der Waals surface area (Å²) in [7, 11) is 0. The van der Waals surface area contributed by atoms with Crippen molar-refractivity contribution >= 4 is 21.6 Å². The van der Waals surface area contributed by atoms with Gasteiger partial charge in [-0.2, -0.15) is 5.26 Å². The molecule has 0 bridgehead atoms. The van der Waals surface area contributed by atoms with E-state index in [-0.39, 0.29) is 12.1 Å². The Morgan fingerprint density at radius 2 is 2.14 bits per heavy atom. The van der Waals surface area contributed by atoms with E-state index in [0.29, 0.717) is 11.2 Å². The van der Waals surface area contributed by atoms with E-state index < -0.39 is 0 Å². The van der Waals surface area contributed by atoms with Gasteiger partial charge in [0.05, 0.1) is 11.5 Å². The largest absolute Gasteiger partial charge is 0.278 e.